The van der Waals surface area contributed by atoms with Crippen LogP contribution in [0.5, 0.6) is 0 Å². The number of nitrogens with zero attached hydrogens (tertiary/aromatic N) is 1. The monoisotopic (exact) mass is 179 g/mol. The van der Waals surface area contributed by atoms with Crippen LogP contribution in [0, 0.1) is 0 Å². The van der Waals surface area contributed by atoms with Crippen molar-refractivity contribution in [2.75, 3.05) is 0 Å². The number of rotatable bonds is 2. The van der Waals surface area contributed by atoms with Gasteiger partial charge in [-0.2, -0.15) is 18.3 Å². The molecule has 1 heterocycles. The molecule has 1 unspecified atom stereocenters. The summed E-state index contributed by atoms with van der Waals surface area (Å²) in [4.78, 5) is 0. The molecule has 0 saturated heterocycles. The molecule has 0 bridgehead atoms. The van der Waals surface area contributed by atoms with Gasteiger partial charge in [0, 0.05) is 6.20 Å². The van der Waals surface area contributed by atoms with E-state index in [0.717, 1.165) is 0 Å². The molecule has 0 aromatic carbocycles. The number of hydrogen-bond donors (Lipinski definition) is 2. The first-order valence-electron chi connectivity index (χ1n) is 3.30. The average Bonchev–Trinajstić information content (AvgIpc) is 2.32. The topological polar surface area (TPSA) is 54.7 Å². The van der Waals surface area contributed by atoms with Gasteiger partial charge in [-0.15, -0.1) is 0 Å². The van der Waals surface area contributed by atoms with Crippen molar-refractivity contribution in [3.8, 4) is 0 Å². The molecule has 0 amide bonds. The largest absolute Gasteiger partial charge is 0.390 e. The van der Waals surface area contributed by atoms with Crippen LogP contribution in [0.15, 0.2) is 12.3 Å². The highest BCUT2D eigenvalue weighted by atomic mass is 19.4. The molecule has 0 spiro atoms. The number of halogens is 3. The Morgan fingerprint density at radius 1 is 1.58 bits per heavy atom. The van der Waals surface area contributed by atoms with E-state index in [1.807, 2.05) is 0 Å². The Kier molecular flexibility index (Phi) is 2.37. The van der Waals surface area contributed by atoms with E-state index in [9.17, 15) is 13.2 Å². The summed E-state index contributed by atoms with van der Waals surface area (Å²) in [5.74, 6) is 0. The summed E-state index contributed by atoms with van der Waals surface area (Å²) in [6, 6.07) is 0.378. The van der Waals surface area contributed by atoms with E-state index in [4.69, 9.17) is 5.73 Å². The van der Waals surface area contributed by atoms with Gasteiger partial charge in [0.25, 0.3) is 0 Å². The van der Waals surface area contributed by atoms with Gasteiger partial charge in [-0.3, -0.25) is 5.10 Å². The molecule has 3 nitrogen and oxygen atoms in total. The van der Waals surface area contributed by atoms with Crippen molar-refractivity contribution in [2.24, 2.45) is 5.73 Å². The second-order valence-electron chi connectivity index (χ2n) is 2.44. The molecular formula is C6H8F3N3. The Morgan fingerprint density at radius 3 is 2.67 bits per heavy atom. The van der Waals surface area contributed by atoms with Crippen LogP contribution in [-0.2, 0) is 0 Å². The van der Waals surface area contributed by atoms with Crippen LogP contribution in [0.4, 0.5) is 13.2 Å². The molecule has 12 heavy (non-hydrogen) atoms. The molecule has 1 rings (SSSR count). The van der Waals surface area contributed by atoms with Crippen LogP contribution in [0.3, 0.4) is 0 Å². The maximum atomic E-state index is 11.8. The van der Waals surface area contributed by atoms with Crippen molar-refractivity contribution in [1.29, 1.82) is 0 Å². The molecular weight excluding hydrogens is 171 g/mol. The van der Waals surface area contributed by atoms with Gasteiger partial charge >= 0.3 is 6.18 Å². The summed E-state index contributed by atoms with van der Waals surface area (Å²) in [7, 11) is 0. The SMILES string of the molecule is NC(CC(F)(F)F)c1ccn[nH]1. The van der Waals surface area contributed by atoms with Gasteiger partial charge in [0.1, 0.15) is 0 Å². The lowest BCUT2D eigenvalue weighted by Crippen LogP contribution is -2.20. The number of nitrogens with two attached hydrogens (primary N) is 1. The molecule has 0 aliphatic heterocycles. The normalized spacial score (nSPS) is 14.7. The maximum Gasteiger partial charge on any atom is 0.390 e. The van der Waals surface area contributed by atoms with E-state index in [0.29, 0.717) is 5.69 Å². The lowest BCUT2D eigenvalue weighted by Gasteiger charge is -2.11. The molecule has 1 aromatic rings. The van der Waals surface area contributed by atoms with E-state index < -0.39 is 18.6 Å². The number of aromatic amines is 1. The zero-order valence-corrected chi connectivity index (χ0v) is 6.10. The van der Waals surface area contributed by atoms with Crippen LogP contribution in [-0.4, -0.2) is 16.4 Å². The third kappa shape index (κ3) is 2.54. The van der Waals surface area contributed by atoms with Gasteiger partial charge in [0.15, 0.2) is 0 Å². The van der Waals surface area contributed by atoms with Crippen molar-refractivity contribution >= 4 is 0 Å². The van der Waals surface area contributed by atoms with Crippen molar-refractivity contribution in [2.45, 2.75) is 18.6 Å². The fourth-order valence-electron chi connectivity index (χ4n) is 0.832. The Labute approximate surface area is 66.8 Å². The predicted molar refractivity (Wildman–Crippen MR) is 36.2 cm³/mol. The van der Waals surface area contributed by atoms with Gasteiger partial charge in [0.05, 0.1) is 18.2 Å². The fourth-order valence-corrected chi connectivity index (χ4v) is 0.832. The summed E-state index contributed by atoms with van der Waals surface area (Å²) in [5, 5.41) is 5.89. The van der Waals surface area contributed by atoms with Crippen LogP contribution in [0.2, 0.25) is 0 Å². The lowest BCUT2D eigenvalue weighted by molar-refractivity contribution is -0.138. The Balaban J connectivity index is 2.56. The fraction of sp³-hybridized carbons (Fsp3) is 0.500. The minimum atomic E-state index is -4.23. The predicted octanol–water partition coefficient (Wildman–Crippen LogP) is 1.36. The summed E-state index contributed by atoms with van der Waals surface area (Å²) in [6.45, 7) is 0. The second kappa shape index (κ2) is 3.14. The number of aromatic nitrogens is 2. The quantitative estimate of drug-likeness (QED) is 0.720. The first-order chi connectivity index (χ1) is 5.49. The highest BCUT2D eigenvalue weighted by Crippen LogP contribution is 2.26. The molecule has 0 aliphatic carbocycles. The first-order valence-corrected chi connectivity index (χ1v) is 3.30. The molecule has 6 heteroatoms. The molecule has 3 N–H and O–H groups in total. The number of H-pyrrole nitrogens is 1. The molecule has 1 aromatic heterocycles. The smallest absolute Gasteiger partial charge is 0.322 e. The van der Waals surface area contributed by atoms with Gasteiger partial charge in [-0.25, -0.2) is 0 Å². The van der Waals surface area contributed by atoms with Crippen molar-refractivity contribution < 1.29 is 13.2 Å². The third-order valence-electron chi connectivity index (χ3n) is 1.37. The first kappa shape index (κ1) is 9.05. The minimum absolute atomic E-state index is 0.298. The van der Waals surface area contributed by atoms with Crippen molar-refractivity contribution in [3.63, 3.8) is 0 Å². The highest BCUT2D eigenvalue weighted by Gasteiger charge is 2.31. The van der Waals surface area contributed by atoms with Crippen molar-refractivity contribution in [1.82, 2.24) is 10.2 Å². The number of hydrogen-bond acceptors (Lipinski definition) is 2. The van der Waals surface area contributed by atoms with Crippen LogP contribution < -0.4 is 5.73 Å². The van der Waals surface area contributed by atoms with Crippen LogP contribution >= 0.6 is 0 Å². The summed E-state index contributed by atoms with van der Waals surface area (Å²) in [6.07, 6.45) is -3.90. The third-order valence-corrected chi connectivity index (χ3v) is 1.37. The number of nitrogens with one attached hydrogen (secondary N) is 1. The minimum Gasteiger partial charge on any atom is -0.322 e. The number of alkyl halides is 3. The Bertz CT molecular complexity index is 229. The highest BCUT2D eigenvalue weighted by molar-refractivity contribution is 5.03. The lowest BCUT2D eigenvalue weighted by atomic mass is 10.1. The molecule has 0 radical (unpaired) electrons. The zero-order chi connectivity index (χ0) is 9.19. The second-order valence-corrected chi connectivity index (χ2v) is 2.44. The van der Waals surface area contributed by atoms with Gasteiger partial charge < -0.3 is 5.73 Å². The Morgan fingerprint density at radius 2 is 2.25 bits per heavy atom. The van der Waals surface area contributed by atoms with E-state index in [2.05, 4.69) is 10.2 Å². The molecule has 1 atom stereocenters. The van der Waals surface area contributed by atoms with Gasteiger partial charge in [0.2, 0.25) is 0 Å². The standard InChI is InChI=1S/C6H8F3N3/c7-6(8,9)3-4(10)5-1-2-11-12-5/h1-2,4H,3,10H2,(H,11,12). The Hall–Kier alpha value is -1.04. The van der Waals surface area contributed by atoms with E-state index in [-0.39, 0.29) is 0 Å². The summed E-state index contributed by atoms with van der Waals surface area (Å²) >= 11 is 0. The van der Waals surface area contributed by atoms with Crippen molar-refractivity contribution in [3.05, 3.63) is 18.0 Å². The zero-order valence-electron chi connectivity index (χ0n) is 6.10. The van der Waals surface area contributed by atoms with E-state index in [1.165, 1.54) is 12.3 Å². The van der Waals surface area contributed by atoms with Crippen LogP contribution in [0.25, 0.3) is 0 Å². The van der Waals surface area contributed by atoms with E-state index in [1.54, 1.807) is 0 Å². The summed E-state index contributed by atoms with van der Waals surface area (Å²) < 4.78 is 35.4. The molecule has 0 fully saturated rings. The maximum absolute atomic E-state index is 11.8. The van der Waals surface area contributed by atoms with Crippen LogP contribution in [0.1, 0.15) is 18.2 Å². The van der Waals surface area contributed by atoms with Gasteiger partial charge in [-0.1, -0.05) is 0 Å². The molecule has 0 saturated carbocycles. The molecule has 0 aliphatic rings. The van der Waals surface area contributed by atoms with E-state index >= 15 is 0 Å². The average molecular weight is 179 g/mol. The van der Waals surface area contributed by atoms with Gasteiger partial charge in [-0.05, 0) is 6.07 Å². The summed E-state index contributed by atoms with van der Waals surface area (Å²) in [5.41, 5.74) is 5.53. The molecule has 68 valence electrons.